The first-order chi connectivity index (χ1) is 16.8. The lowest BCUT2D eigenvalue weighted by Crippen LogP contribution is -2.48. The molecule has 1 aliphatic rings. The second-order valence-electron chi connectivity index (χ2n) is 8.32. The van der Waals surface area contributed by atoms with Gasteiger partial charge in [0.05, 0.1) is 12.2 Å². The zero-order valence-electron chi connectivity index (χ0n) is 19.4. The Labute approximate surface area is 201 Å². The van der Waals surface area contributed by atoms with E-state index in [2.05, 4.69) is 15.0 Å². The van der Waals surface area contributed by atoms with Crippen LogP contribution in [0.15, 0.2) is 53.1 Å². The summed E-state index contributed by atoms with van der Waals surface area (Å²) < 4.78 is 48.9. The average Bonchev–Trinajstić information content (AvgIpc) is 3.33. The Balaban J connectivity index is 1.22. The Kier molecular flexibility index (Phi) is 7.70. The fourth-order valence-corrected chi connectivity index (χ4v) is 3.93. The molecule has 35 heavy (non-hydrogen) atoms. The van der Waals surface area contributed by atoms with E-state index in [4.69, 9.17) is 9.26 Å². The standard InChI is InChI=1S/C25H27F3N4O3/c1-2-34-21-9-5-19(6-10-21)24-29-22(35-30-24)11-12-23(33)32-15-13-31(14-16-32)17-18-3-7-20(8-4-18)25(26,27)28/h3-10H,2,11-17H2,1H3. The Morgan fingerprint density at radius 1 is 1.03 bits per heavy atom. The molecule has 0 radical (unpaired) electrons. The predicted molar refractivity (Wildman–Crippen MR) is 123 cm³/mol. The molecule has 1 aliphatic heterocycles. The Morgan fingerprint density at radius 2 is 1.71 bits per heavy atom. The van der Waals surface area contributed by atoms with Crippen LogP contribution in [0.4, 0.5) is 13.2 Å². The van der Waals surface area contributed by atoms with Gasteiger partial charge in [-0.3, -0.25) is 9.69 Å². The van der Waals surface area contributed by atoms with Crippen LogP contribution in [0.1, 0.15) is 30.4 Å². The molecule has 186 valence electrons. The van der Waals surface area contributed by atoms with E-state index in [1.807, 2.05) is 31.2 Å². The van der Waals surface area contributed by atoms with Gasteiger partial charge in [-0.1, -0.05) is 17.3 Å². The van der Waals surface area contributed by atoms with Gasteiger partial charge in [0.1, 0.15) is 5.75 Å². The number of piperazine rings is 1. The fourth-order valence-electron chi connectivity index (χ4n) is 3.93. The zero-order valence-corrected chi connectivity index (χ0v) is 19.4. The summed E-state index contributed by atoms with van der Waals surface area (Å²) in [4.78, 5) is 21.0. The number of carbonyl (C=O) groups excluding carboxylic acids is 1. The molecule has 0 N–H and O–H groups in total. The van der Waals surface area contributed by atoms with Gasteiger partial charge < -0.3 is 14.2 Å². The number of benzene rings is 2. The number of hydrogen-bond donors (Lipinski definition) is 0. The van der Waals surface area contributed by atoms with E-state index >= 15 is 0 Å². The molecular formula is C25H27F3N4O3. The van der Waals surface area contributed by atoms with Crippen LogP contribution in [-0.2, 0) is 23.9 Å². The summed E-state index contributed by atoms with van der Waals surface area (Å²) in [5.41, 5.74) is 0.973. The molecule has 4 rings (SSSR count). The Hall–Kier alpha value is -3.40. The van der Waals surface area contributed by atoms with Gasteiger partial charge in [0.15, 0.2) is 0 Å². The number of hydrogen-bond acceptors (Lipinski definition) is 6. The van der Waals surface area contributed by atoms with Crippen molar-refractivity contribution in [2.24, 2.45) is 0 Å². The minimum absolute atomic E-state index is 0.0139. The highest BCUT2D eigenvalue weighted by Crippen LogP contribution is 2.29. The highest BCUT2D eigenvalue weighted by Gasteiger charge is 2.30. The van der Waals surface area contributed by atoms with Crippen LogP contribution in [0.3, 0.4) is 0 Å². The molecular weight excluding hydrogens is 461 g/mol. The molecule has 2 aromatic carbocycles. The van der Waals surface area contributed by atoms with Crippen molar-refractivity contribution in [2.45, 2.75) is 32.5 Å². The third-order valence-electron chi connectivity index (χ3n) is 5.86. The molecule has 2 heterocycles. The second kappa shape index (κ2) is 10.9. The minimum atomic E-state index is -4.33. The predicted octanol–water partition coefficient (Wildman–Crippen LogP) is 4.43. The minimum Gasteiger partial charge on any atom is -0.494 e. The average molecular weight is 489 g/mol. The van der Waals surface area contributed by atoms with Gasteiger partial charge in [-0.05, 0) is 48.9 Å². The van der Waals surface area contributed by atoms with Crippen LogP contribution in [0.25, 0.3) is 11.4 Å². The van der Waals surface area contributed by atoms with Crippen molar-refractivity contribution in [3.8, 4) is 17.1 Å². The third-order valence-corrected chi connectivity index (χ3v) is 5.86. The zero-order chi connectivity index (χ0) is 24.8. The topological polar surface area (TPSA) is 71.7 Å². The van der Waals surface area contributed by atoms with Gasteiger partial charge in [-0.2, -0.15) is 18.2 Å². The van der Waals surface area contributed by atoms with Crippen LogP contribution in [0.2, 0.25) is 0 Å². The molecule has 1 aromatic heterocycles. The number of nitrogens with zero attached hydrogens (tertiary/aromatic N) is 4. The largest absolute Gasteiger partial charge is 0.494 e. The molecule has 10 heteroatoms. The van der Waals surface area contributed by atoms with Crippen molar-refractivity contribution < 1.29 is 27.2 Å². The SMILES string of the molecule is CCOc1ccc(-c2noc(CCC(=O)N3CCN(Cc4ccc(C(F)(F)F)cc4)CC3)n2)cc1. The highest BCUT2D eigenvalue weighted by molar-refractivity contribution is 5.76. The second-order valence-corrected chi connectivity index (χ2v) is 8.32. The monoisotopic (exact) mass is 488 g/mol. The van der Waals surface area contributed by atoms with E-state index in [1.165, 1.54) is 12.1 Å². The first-order valence-corrected chi connectivity index (χ1v) is 11.5. The van der Waals surface area contributed by atoms with E-state index in [-0.39, 0.29) is 12.3 Å². The lowest BCUT2D eigenvalue weighted by atomic mass is 10.1. The maximum Gasteiger partial charge on any atom is 0.416 e. The van der Waals surface area contributed by atoms with Crippen molar-refractivity contribution in [1.29, 1.82) is 0 Å². The molecule has 1 saturated heterocycles. The van der Waals surface area contributed by atoms with Crippen LogP contribution < -0.4 is 4.74 Å². The number of alkyl halides is 3. The smallest absolute Gasteiger partial charge is 0.416 e. The number of amides is 1. The van der Waals surface area contributed by atoms with Crippen LogP contribution in [0.5, 0.6) is 5.75 Å². The number of halogens is 3. The molecule has 0 atom stereocenters. The van der Waals surface area contributed by atoms with Crippen molar-refractivity contribution in [3.63, 3.8) is 0 Å². The van der Waals surface area contributed by atoms with Crippen LogP contribution in [0, 0.1) is 0 Å². The van der Waals surface area contributed by atoms with E-state index in [0.717, 1.165) is 29.0 Å². The molecule has 0 unspecified atom stereocenters. The Bertz CT molecular complexity index is 1110. The number of aryl methyl sites for hydroxylation is 1. The Morgan fingerprint density at radius 3 is 2.34 bits per heavy atom. The quantitative estimate of drug-likeness (QED) is 0.467. The van der Waals surface area contributed by atoms with Gasteiger partial charge in [-0.25, -0.2) is 0 Å². The lowest BCUT2D eigenvalue weighted by molar-refractivity contribution is -0.137. The highest BCUT2D eigenvalue weighted by atomic mass is 19.4. The van der Waals surface area contributed by atoms with Gasteiger partial charge in [0, 0.05) is 51.1 Å². The van der Waals surface area contributed by atoms with Crippen LogP contribution >= 0.6 is 0 Å². The van der Waals surface area contributed by atoms with Gasteiger partial charge >= 0.3 is 6.18 Å². The maximum absolute atomic E-state index is 12.7. The van der Waals surface area contributed by atoms with Gasteiger partial charge in [-0.15, -0.1) is 0 Å². The van der Waals surface area contributed by atoms with Crippen molar-refractivity contribution >= 4 is 5.91 Å². The van der Waals surface area contributed by atoms with Crippen LogP contribution in [-0.4, -0.2) is 58.6 Å². The molecule has 0 spiro atoms. The van der Waals surface area contributed by atoms with Crippen molar-refractivity contribution in [1.82, 2.24) is 19.9 Å². The summed E-state index contributed by atoms with van der Waals surface area (Å²) >= 11 is 0. The van der Waals surface area contributed by atoms with E-state index in [0.29, 0.717) is 57.5 Å². The molecule has 0 aliphatic carbocycles. The number of ether oxygens (including phenoxy) is 1. The van der Waals surface area contributed by atoms with E-state index in [1.54, 1.807) is 4.90 Å². The number of rotatable bonds is 8. The van der Waals surface area contributed by atoms with E-state index in [9.17, 15) is 18.0 Å². The maximum atomic E-state index is 12.7. The van der Waals surface area contributed by atoms with Gasteiger partial charge in [0.2, 0.25) is 17.6 Å². The lowest BCUT2D eigenvalue weighted by Gasteiger charge is -2.34. The van der Waals surface area contributed by atoms with Crippen molar-refractivity contribution in [2.75, 3.05) is 32.8 Å². The first kappa shape index (κ1) is 24.7. The summed E-state index contributed by atoms with van der Waals surface area (Å²) in [7, 11) is 0. The first-order valence-electron chi connectivity index (χ1n) is 11.5. The summed E-state index contributed by atoms with van der Waals surface area (Å²) in [5.74, 6) is 1.65. The third kappa shape index (κ3) is 6.60. The normalized spacial score (nSPS) is 14.8. The molecule has 7 nitrogen and oxygen atoms in total. The fraction of sp³-hybridized carbons (Fsp3) is 0.400. The molecule has 1 amide bonds. The van der Waals surface area contributed by atoms with Gasteiger partial charge in [0.25, 0.3) is 0 Å². The molecule has 0 bridgehead atoms. The number of aromatic nitrogens is 2. The summed E-state index contributed by atoms with van der Waals surface area (Å²) in [6, 6.07) is 12.6. The molecule has 1 fully saturated rings. The number of carbonyl (C=O) groups is 1. The summed E-state index contributed by atoms with van der Waals surface area (Å²) in [5, 5.41) is 4.00. The summed E-state index contributed by atoms with van der Waals surface area (Å²) in [6.45, 7) is 5.53. The van der Waals surface area contributed by atoms with E-state index < -0.39 is 11.7 Å². The molecule has 3 aromatic rings. The molecule has 0 saturated carbocycles. The van der Waals surface area contributed by atoms with Crippen molar-refractivity contribution in [3.05, 3.63) is 65.5 Å². The summed E-state index contributed by atoms with van der Waals surface area (Å²) in [6.07, 6.45) is -3.71.